The number of anilines is 1. The molecule has 1 aromatic rings. The molecular formula is C14H21N3O. The van der Waals surface area contributed by atoms with Gasteiger partial charge in [-0.1, -0.05) is 13.8 Å². The van der Waals surface area contributed by atoms with E-state index in [4.69, 9.17) is 0 Å². The van der Waals surface area contributed by atoms with E-state index in [2.05, 4.69) is 29.5 Å². The van der Waals surface area contributed by atoms with Crippen LogP contribution in [0.1, 0.15) is 37.0 Å². The van der Waals surface area contributed by atoms with Gasteiger partial charge in [-0.3, -0.25) is 9.78 Å². The fourth-order valence-corrected chi connectivity index (χ4v) is 2.61. The van der Waals surface area contributed by atoms with Gasteiger partial charge in [-0.25, -0.2) is 0 Å². The summed E-state index contributed by atoms with van der Waals surface area (Å²) in [4.78, 5) is 16.3. The number of pyridine rings is 1. The molecule has 1 amide bonds. The summed E-state index contributed by atoms with van der Waals surface area (Å²) < 4.78 is 0. The predicted molar refractivity (Wildman–Crippen MR) is 72.6 cm³/mol. The summed E-state index contributed by atoms with van der Waals surface area (Å²) >= 11 is 0. The molecule has 0 bridgehead atoms. The minimum absolute atomic E-state index is 0.0293. The number of hydrogen-bond donors (Lipinski definition) is 2. The first-order chi connectivity index (χ1) is 8.63. The molecule has 4 nitrogen and oxygen atoms in total. The Bertz CT molecular complexity index is 433. The molecule has 1 aliphatic rings. The summed E-state index contributed by atoms with van der Waals surface area (Å²) in [5, 5.41) is 6.15. The third-order valence-electron chi connectivity index (χ3n) is 4.12. The lowest BCUT2D eigenvalue weighted by Gasteiger charge is -2.20. The normalized spacial score (nSPS) is 26.9. The summed E-state index contributed by atoms with van der Waals surface area (Å²) in [6.07, 6.45) is 5.56. The lowest BCUT2D eigenvalue weighted by Crippen LogP contribution is -2.37. The fourth-order valence-electron chi connectivity index (χ4n) is 2.61. The number of nitrogens with zero attached hydrogens (tertiary/aromatic N) is 1. The zero-order valence-electron chi connectivity index (χ0n) is 11.2. The highest BCUT2D eigenvalue weighted by molar-refractivity contribution is 5.99. The van der Waals surface area contributed by atoms with Crippen molar-refractivity contribution in [3.05, 3.63) is 24.0 Å². The average Bonchev–Trinajstić information content (AvgIpc) is 2.70. The van der Waals surface area contributed by atoms with E-state index in [1.807, 2.05) is 13.1 Å². The van der Waals surface area contributed by atoms with Crippen molar-refractivity contribution in [3.8, 4) is 0 Å². The number of carbonyl (C=O) groups excluding carboxylic acids is 1. The molecule has 0 aliphatic heterocycles. The van der Waals surface area contributed by atoms with Crippen LogP contribution in [0.3, 0.4) is 0 Å². The Kier molecular flexibility index (Phi) is 3.84. The number of nitrogens with one attached hydrogen (secondary N) is 2. The Labute approximate surface area is 108 Å². The fraction of sp³-hybridized carbons (Fsp3) is 0.571. The van der Waals surface area contributed by atoms with Crippen molar-refractivity contribution in [2.45, 2.75) is 32.7 Å². The van der Waals surface area contributed by atoms with E-state index in [-0.39, 0.29) is 11.9 Å². The maximum absolute atomic E-state index is 12.2. The van der Waals surface area contributed by atoms with Crippen LogP contribution in [0.15, 0.2) is 18.5 Å². The van der Waals surface area contributed by atoms with Gasteiger partial charge in [0.25, 0.3) is 5.91 Å². The third-order valence-corrected chi connectivity index (χ3v) is 4.12. The van der Waals surface area contributed by atoms with E-state index in [1.54, 1.807) is 12.4 Å². The lowest BCUT2D eigenvalue weighted by atomic mass is 9.97. The molecule has 1 heterocycles. The Morgan fingerprint density at radius 3 is 2.78 bits per heavy atom. The Morgan fingerprint density at radius 2 is 2.17 bits per heavy atom. The summed E-state index contributed by atoms with van der Waals surface area (Å²) in [5.41, 5.74) is 1.44. The Hall–Kier alpha value is -1.58. The average molecular weight is 247 g/mol. The van der Waals surface area contributed by atoms with Crippen molar-refractivity contribution >= 4 is 11.6 Å². The van der Waals surface area contributed by atoms with Crippen LogP contribution in [-0.4, -0.2) is 24.0 Å². The number of amides is 1. The number of hydrogen-bond acceptors (Lipinski definition) is 3. The van der Waals surface area contributed by atoms with Gasteiger partial charge in [-0.15, -0.1) is 0 Å². The van der Waals surface area contributed by atoms with Crippen molar-refractivity contribution in [1.29, 1.82) is 0 Å². The first-order valence-corrected chi connectivity index (χ1v) is 6.56. The van der Waals surface area contributed by atoms with Gasteiger partial charge >= 0.3 is 0 Å². The maximum Gasteiger partial charge on any atom is 0.255 e. The second kappa shape index (κ2) is 5.38. The van der Waals surface area contributed by atoms with E-state index < -0.39 is 0 Å². The second-order valence-corrected chi connectivity index (χ2v) is 5.16. The maximum atomic E-state index is 12.2. The van der Waals surface area contributed by atoms with Crippen molar-refractivity contribution in [2.24, 2.45) is 11.8 Å². The van der Waals surface area contributed by atoms with Gasteiger partial charge in [0.05, 0.1) is 5.56 Å². The summed E-state index contributed by atoms with van der Waals surface area (Å²) in [5.74, 6) is 1.20. The van der Waals surface area contributed by atoms with Crippen LogP contribution < -0.4 is 10.6 Å². The van der Waals surface area contributed by atoms with Crippen molar-refractivity contribution < 1.29 is 4.79 Å². The molecule has 2 rings (SSSR count). The molecule has 1 saturated carbocycles. The standard InChI is InChI=1S/C14H21N3O/c1-9-4-5-12(10(9)2)17-14(18)11-8-16-7-6-13(11)15-3/h6-10,12H,4-5H2,1-3H3,(H,15,16)(H,17,18). The molecule has 18 heavy (non-hydrogen) atoms. The number of aromatic nitrogens is 1. The number of carbonyl (C=O) groups is 1. The first-order valence-electron chi connectivity index (χ1n) is 6.56. The predicted octanol–water partition coefficient (Wildman–Crippen LogP) is 2.29. The van der Waals surface area contributed by atoms with Gasteiger partial charge in [-0.2, -0.15) is 0 Å². The van der Waals surface area contributed by atoms with Crippen LogP contribution in [0, 0.1) is 11.8 Å². The highest BCUT2D eigenvalue weighted by Crippen LogP contribution is 2.31. The lowest BCUT2D eigenvalue weighted by molar-refractivity contribution is 0.0928. The summed E-state index contributed by atoms with van der Waals surface area (Å²) in [6, 6.07) is 2.10. The minimum atomic E-state index is -0.0293. The van der Waals surface area contributed by atoms with E-state index in [1.165, 1.54) is 6.42 Å². The van der Waals surface area contributed by atoms with Crippen molar-refractivity contribution in [2.75, 3.05) is 12.4 Å². The van der Waals surface area contributed by atoms with Crippen LogP contribution >= 0.6 is 0 Å². The van der Waals surface area contributed by atoms with Crippen LogP contribution in [0.25, 0.3) is 0 Å². The number of rotatable bonds is 3. The minimum Gasteiger partial charge on any atom is -0.387 e. The third kappa shape index (κ3) is 2.47. The zero-order valence-corrected chi connectivity index (χ0v) is 11.2. The summed E-state index contributed by atoms with van der Waals surface area (Å²) in [6.45, 7) is 4.46. The quantitative estimate of drug-likeness (QED) is 0.861. The molecular weight excluding hydrogens is 226 g/mol. The largest absolute Gasteiger partial charge is 0.387 e. The highest BCUT2D eigenvalue weighted by atomic mass is 16.1. The molecule has 0 radical (unpaired) electrons. The molecule has 2 N–H and O–H groups in total. The molecule has 3 unspecified atom stereocenters. The van der Waals surface area contributed by atoms with Gasteiger partial charge < -0.3 is 10.6 Å². The van der Waals surface area contributed by atoms with Gasteiger partial charge in [0.2, 0.25) is 0 Å². The highest BCUT2D eigenvalue weighted by Gasteiger charge is 2.31. The van der Waals surface area contributed by atoms with Crippen molar-refractivity contribution in [3.63, 3.8) is 0 Å². The van der Waals surface area contributed by atoms with E-state index >= 15 is 0 Å². The molecule has 4 heteroatoms. The van der Waals surface area contributed by atoms with E-state index in [9.17, 15) is 4.79 Å². The van der Waals surface area contributed by atoms with Crippen LogP contribution in [0.5, 0.6) is 0 Å². The van der Waals surface area contributed by atoms with Crippen LogP contribution in [0.4, 0.5) is 5.69 Å². The van der Waals surface area contributed by atoms with Gasteiger partial charge in [0.15, 0.2) is 0 Å². The Balaban J connectivity index is 2.08. The molecule has 3 atom stereocenters. The molecule has 98 valence electrons. The van der Waals surface area contributed by atoms with Crippen molar-refractivity contribution in [1.82, 2.24) is 10.3 Å². The Morgan fingerprint density at radius 1 is 1.39 bits per heavy atom. The molecule has 1 aliphatic carbocycles. The van der Waals surface area contributed by atoms with Crippen LogP contribution in [0.2, 0.25) is 0 Å². The van der Waals surface area contributed by atoms with E-state index in [0.717, 1.165) is 12.1 Å². The molecule has 1 fully saturated rings. The molecule has 1 aromatic heterocycles. The zero-order chi connectivity index (χ0) is 13.1. The first kappa shape index (κ1) is 12.9. The van der Waals surface area contributed by atoms with Gasteiger partial charge in [0.1, 0.15) is 0 Å². The summed E-state index contributed by atoms with van der Waals surface area (Å²) in [7, 11) is 1.81. The van der Waals surface area contributed by atoms with Gasteiger partial charge in [-0.05, 0) is 30.7 Å². The van der Waals surface area contributed by atoms with Crippen LogP contribution in [-0.2, 0) is 0 Å². The molecule has 0 saturated heterocycles. The molecule has 0 aromatic carbocycles. The SMILES string of the molecule is CNc1ccncc1C(=O)NC1CCC(C)C1C. The van der Waals surface area contributed by atoms with Gasteiger partial charge in [0, 0.05) is 31.2 Å². The topological polar surface area (TPSA) is 54.0 Å². The van der Waals surface area contributed by atoms with E-state index in [0.29, 0.717) is 17.4 Å². The smallest absolute Gasteiger partial charge is 0.255 e. The molecule has 0 spiro atoms. The monoisotopic (exact) mass is 247 g/mol. The second-order valence-electron chi connectivity index (χ2n) is 5.16.